The molecule has 9 nitrogen and oxygen atoms in total. The molecule has 1 aromatic carbocycles. The van der Waals surface area contributed by atoms with Crippen molar-refractivity contribution >= 4 is 35.2 Å². The van der Waals surface area contributed by atoms with Crippen LogP contribution in [0.5, 0.6) is 0 Å². The maximum absolute atomic E-state index is 12.4. The van der Waals surface area contributed by atoms with E-state index in [0.717, 1.165) is 5.01 Å². The van der Waals surface area contributed by atoms with E-state index in [1.165, 1.54) is 39.5 Å². The molecule has 1 heterocycles. The second-order valence-corrected chi connectivity index (χ2v) is 5.16. The summed E-state index contributed by atoms with van der Waals surface area (Å²) in [6.07, 6.45) is 0.341. The molecule has 0 aliphatic carbocycles. The average Bonchev–Trinajstić information content (AvgIpc) is 2.62. The number of hydrazone groups is 1. The summed E-state index contributed by atoms with van der Waals surface area (Å²) in [5.41, 5.74) is 0.455. The van der Waals surface area contributed by atoms with Crippen molar-refractivity contribution in [1.82, 2.24) is 5.01 Å². The Morgan fingerprint density at radius 3 is 2.40 bits per heavy atom. The van der Waals surface area contributed by atoms with E-state index >= 15 is 0 Å². The molecule has 0 spiro atoms. The van der Waals surface area contributed by atoms with Crippen LogP contribution in [0.4, 0.5) is 5.69 Å². The SMILES string of the molecule is COC(=O)c1ccc(C(=O)OC)c(NC(=O)C2=NN(C)C(=O)CC2)c1. The Labute approximate surface area is 143 Å². The van der Waals surface area contributed by atoms with Crippen LogP contribution in [-0.2, 0) is 19.1 Å². The molecule has 1 aliphatic rings. The predicted octanol–water partition coefficient (Wildman–Crippen LogP) is 0.806. The molecule has 1 N–H and O–H groups in total. The number of carbonyl (C=O) groups excluding carboxylic acids is 4. The molecular formula is C16H17N3O6. The van der Waals surface area contributed by atoms with Crippen molar-refractivity contribution in [3.8, 4) is 0 Å². The highest BCUT2D eigenvalue weighted by atomic mass is 16.5. The molecule has 1 aliphatic heterocycles. The standard InChI is InChI=1S/C16H17N3O6/c1-19-13(20)7-6-11(18-19)14(21)17-12-8-9(15(22)24-2)4-5-10(12)16(23)25-3/h4-5,8H,6-7H2,1-3H3,(H,17,21). The minimum atomic E-state index is -0.676. The van der Waals surface area contributed by atoms with Crippen LogP contribution >= 0.6 is 0 Å². The second-order valence-electron chi connectivity index (χ2n) is 5.16. The summed E-state index contributed by atoms with van der Waals surface area (Å²) in [5, 5.41) is 7.53. The quantitative estimate of drug-likeness (QED) is 0.806. The number of methoxy groups -OCH3 is 2. The molecule has 25 heavy (non-hydrogen) atoms. The van der Waals surface area contributed by atoms with Crippen molar-refractivity contribution in [2.45, 2.75) is 12.8 Å². The lowest BCUT2D eigenvalue weighted by Gasteiger charge is -2.19. The Morgan fingerprint density at radius 2 is 1.80 bits per heavy atom. The van der Waals surface area contributed by atoms with Gasteiger partial charge in [-0.25, -0.2) is 14.6 Å². The molecule has 132 valence electrons. The van der Waals surface area contributed by atoms with Gasteiger partial charge in [-0.1, -0.05) is 0 Å². The van der Waals surface area contributed by atoms with Crippen molar-refractivity contribution in [2.24, 2.45) is 5.10 Å². The average molecular weight is 347 g/mol. The Hall–Kier alpha value is -3.23. The van der Waals surface area contributed by atoms with E-state index in [1.807, 2.05) is 0 Å². The zero-order chi connectivity index (χ0) is 18.6. The highest BCUT2D eigenvalue weighted by Gasteiger charge is 2.24. The molecule has 2 rings (SSSR count). The van der Waals surface area contributed by atoms with Gasteiger partial charge in [-0.05, 0) is 18.2 Å². The Balaban J connectivity index is 2.34. The van der Waals surface area contributed by atoms with E-state index in [9.17, 15) is 19.2 Å². The van der Waals surface area contributed by atoms with Crippen LogP contribution in [0, 0.1) is 0 Å². The zero-order valence-corrected chi connectivity index (χ0v) is 14.0. The normalized spacial score (nSPS) is 13.8. The van der Waals surface area contributed by atoms with Crippen molar-refractivity contribution in [2.75, 3.05) is 26.6 Å². The summed E-state index contributed by atoms with van der Waals surface area (Å²) < 4.78 is 9.30. The van der Waals surface area contributed by atoms with E-state index in [4.69, 9.17) is 0 Å². The topological polar surface area (TPSA) is 114 Å². The van der Waals surface area contributed by atoms with Gasteiger partial charge in [-0.3, -0.25) is 9.59 Å². The number of esters is 2. The molecular weight excluding hydrogens is 330 g/mol. The number of benzene rings is 1. The second kappa shape index (κ2) is 7.56. The summed E-state index contributed by atoms with van der Waals surface area (Å²) in [4.78, 5) is 47.3. The van der Waals surface area contributed by atoms with Crippen LogP contribution < -0.4 is 5.32 Å². The van der Waals surface area contributed by atoms with Gasteiger partial charge in [-0.15, -0.1) is 0 Å². The van der Waals surface area contributed by atoms with Gasteiger partial charge in [0.1, 0.15) is 5.71 Å². The first-order valence-electron chi connectivity index (χ1n) is 7.33. The largest absolute Gasteiger partial charge is 0.465 e. The number of anilines is 1. The lowest BCUT2D eigenvalue weighted by molar-refractivity contribution is -0.130. The molecule has 9 heteroatoms. The van der Waals surface area contributed by atoms with Crippen molar-refractivity contribution in [3.63, 3.8) is 0 Å². The van der Waals surface area contributed by atoms with E-state index in [1.54, 1.807) is 0 Å². The van der Waals surface area contributed by atoms with Gasteiger partial charge in [0.2, 0.25) is 5.91 Å². The lowest BCUT2D eigenvalue weighted by atomic mass is 10.1. The smallest absolute Gasteiger partial charge is 0.339 e. The van der Waals surface area contributed by atoms with E-state index in [0.29, 0.717) is 0 Å². The Bertz CT molecular complexity index is 771. The fraction of sp³-hybridized carbons (Fsp3) is 0.312. The maximum atomic E-state index is 12.4. The van der Waals surface area contributed by atoms with Gasteiger partial charge in [0.05, 0.1) is 31.0 Å². The Kier molecular flexibility index (Phi) is 5.48. The maximum Gasteiger partial charge on any atom is 0.339 e. The van der Waals surface area contributed by atoms with E-state index in [2.05, 4.69) is 19.9 Å². The number of hydrogen-bond acceptors (Lipinski definition) is 7. The third-order valence-corrected chi connectivity index (χ3v) is 3.56. The van der Waals surface area contributed by atoms with Crippen molar-refractivity contribution in [1.29, 1.82) is 0 Å². The van der Waals surface area contributed by atoms with Gasteiger partial charge in [0.25, 0.3) is 5.91 Å². The number of nitrogens with zero attached hydrogens (tertiary/aromatic N) is 2. The fourth-order valence-corrected chi connectivity index (χ4v) is 2.21. The molecule has 0 fully saturated rings. The lowest BCUT2D eigenvalue weighted by Crippen LogP contribution is -2.34. The van der Waals surface area contributed by atoms with Crippen LogP contribution in [0.25, 0.3) is 0 Å². The monoisotopic (exact) mass is 347 g/mol. The third kappa shape index (κ3) is 4.00. The van der Waals surface area contributed by atoms with Crippen LogP contribution in [0.3, 0.4) is 0 Å². The fourth-order valence-electron chi connectivity index (χ4n) is 2.21. The summed E-state index contributed by atoms with van der Waals surface area (Å²) in [7, 11) is 3.87. The summed E-state index contributed by atoms with van der Waals surface area (Å²) >= 11 is 0. The molecule has 0 saturated carbocycles. The number of nitrogens with one attached hydrogen (secondary N) is 1. The molecule has 1 aromatic rings. The molecule has 0 bridgehead atoms. The highest BCUT2D eigenvalue weighted by Crippen LogP contribution is 2.20. The van der Waals surface area contributed by atoms with Crippen LogP contribution in [0.1, 0.15) is 33.6 Å². The molecule has 0 radical (unpaired) electrons. The van der Waals surface area contributed by atoms with Gasteiger partial charge in [0, 0.05) is 19.9 Å². The first kappa shape index (κ1) is 18.1. The number of hydrogen-bond donors (Lipinski definition) is 1. The minimum absolute atomic E-state index is 0.0735. The summed E-state index contributed by atoms with van der Waals surface area (Å²) in [5.74, 6) is -2.07. The van der Waals surface area contributed by atoms with Gasteiger partial charge in [0.15, 0.2) is 0 Å². The molecule has 0 unspecified atom stereocenters. The number of carbonyl (C=O) groups is 4. The predicted molar refractivity (Wildman–Crippen MR) is 87.2 cm³/mol. The van der Waals surface area contributed by atoms with E-state index < -0.39 is 17.8 Å². The molecule has 0 saturated heterocycles. The van der Waals surface area contributed by atoms with Gasteiger partial charge < -0.3 is 14.8 Å². The molecule has 2 amide bonds. The van der Waals surface area contributed by atoms with Crippen LogP contribution in [0.2, 0.25) is 0 Å². The number of amides is 2. The zero-order valence-electron chi connectivity index (χ0n) is 14.0. The Morgan fingerprint density at radius 1 is 1.12 bits per heavy atom. The van der Waals surface area contributed by atoms with Gasteiger partial charge >= 0.3 is 11.9 Å². The minimum Gasteiger partial charge on any atom is -0.465 e. The summed E-state index contributed by atoms with van der Waals surface area (Å²) in [6, 6.07) is 4.05. The summed E-state index contributed by atoms with van der Waals surface area (Å²) in [6.45, 7) is 0. The van der Waals surface area contributed by atoms with Crippen molar-refractivity contribution < 1.29 is 28.7 Å². The first-order chi connectivity index (χ1) is 11.9. The highest BCUT2D eigenvalue weighted by molar-refractivity contribution is 6.43. The van der Waals surface area contributed by atoms with E-state index in [-0.39, 0.29) is 41.3 Å². The van der Waals surface area contributed by atoms with Crippen LogP contribution in [-0.4, -0.2) is 55.7 Å². The van der Waals surface area contributed by atoms with Crippen molar-refractivity contribution in [3.05, 3.63) is 29.3 Å². The molecule has 0 aromatic heterocycles. The number of ether oxygens (including phenoxy) is 2. The molecule has 0 atom stereocenters. The van der Waals surface area contributed by atoms with Crippen LogP contribution in [0.15, 0.2) is 23.3 Å². The first-order valence-corrected chi connectivity index (χ1v) is 7.33. The third-order valence-electron chi connectivity index (χ3n) is 3.56. The number of rotatable bonds is 4. The van der Waals surface area contributed by atoms with Gasteiger partial charge in [-0.2, -0.15) is 5.10 Å².